The van der Waals surface area contributed by atoms with Crippen molar-refractivity contribution in [3.63, 3.8) is 0 Å². The molecule has 0 unspecified atom stereocenters. The second kappa shape index (κ2) is 6.73. The number of carbonyl (C=O) groups excluding carboxylic acids is 1. The van der Waals surface area contributed by atoms with Crippen molar-refractivity contribution in [2.24, 2.45) is 0 Å². The van der Waals surface area contributed by atoms with E-state index in [0.717, 1.165) is 25.9 Å². The minimum Gasteiger partial charge on any atom is -0.474 e. The molecule has 0 saturated carbocycles. The van der Waals surface area contributed by atoms with E-state index in [1.807, 2.05) is 0 Å². The number of anilines is 1. The van der Waals surface area contributed by atoms with E-state index in [9.17, 15) is 4.79 Å². The van der Waals surface area contributed by atoms with Crippen LogP contribution < -0.4 is 10.1 Å². The van der Waals surface area contributed by atoms with E-state index in [0.29, 0.717) is 11.6 Å². The Morgan fingerprint density at radius 2 is 2.32 bits per heavy atom. The van der Waals surface area contributed by atoms with Crippen LogP contribution in [0.25, 0.3) is 0 Å². The van der Waals surface area contributed by atoms with E-state index in [4.69, 9.17) is 16.3 Å². The van der Waals surface area contributed by atoms with Crippen LogP contribution in [0.2, 0.25) is 0 Å². The molecule has 6 heteroatoms. The monoisotopic (exact) mass is 283 g/mol. The summed E-state index contributed by atoms with van der Waals surface area (Å²) in [4.78, 5) is 17.7. The fourth-order valence-electron chi connectivity index (χ4n) is 2.02. The number of amides is 1. The molecular formula is C13H18ClN3O2. The number of likely N-dealkylation sites (tertiary alicyclic amines) is 1. The zero-order valence-corrected chi connectivity index (χ0v) is 11.7. The van der Waals surface area contributed by atoms with Crippen LogP contribution in [-0.2, 0) is 4.79 Å². The second-order valence-corrected chi connectivity index (χ2v) is 4.95. The highest BCUT2D eigenvalue weighted by molar-refractivity contribution is 6.29. The van der Waals surface area contributed by atoms with Crippen molar-refractivity contribution in [2.75, 3.05) is 31.3 Å². The van der Waals surface area contributed by atoms with Gasteiger partial charge in [0.2, 0.25) is 11.8 Å². The molecule has 1 aliphatic rings. The van der Waals surface area contributed by atoms with Gasteiger partial charge in [0.25, 0.3) is 0 Å². The maximum absolute atomic E-state index is 11.2. The van der Waals surface area contributed by atoms with Crippen molar-refractivity contribution in [1.29, 1.82) is 0 Å². The summed E-state index contributed by atoms with van der Waals surface area (Å²) in [6.45, 7) is 2.07. The normalized spacial score (nSPS) is 17.2. The number of pyridine rings is 1. The van der Waals surface area contributed by atoms with Gasteiger partial charge in [0.05, 0.1) is 0 Å². The predicted octanol–water partition coefficient (Wildman–Crippen LogP) is 1.73. The van der Waals surface area contributed by atoms with Gasteiger partial charge in [-0.25, -0.2) is 4.98 Å². The number of hydrogen-bond acceptors (Lipinski definition) is 4. The molecule has 0 radical (unpaired) electrons. The van der Waals surface area contributed by atoms with E-state index in [-0.39, 0.29) is 17.9 Å². The third kappa shape index (κ3) is 4.36. The number of carbonyl (C=O) groups is 1. The first-order valence-electron chi connectivity index (χ1n) is 6.34. The van der Waals surface area contributed by atoms with Crippen molar-refractivity contribution in [1.82, 2.24) is 9.88 Å². The van der Waals surface area contributed by atoms with E-state index in [2.05, 4.69) is 22.2 Å². The lowest BCUT2D eigenvalue weighted by molar-refractivity contribution is -0.113. The highest BCUT2D eigenvalue weighted by Crippen LogP contribution is 2.19. The van der Waals surface area contributed by atoms with Crippen molar-refractivity contribution in [2.45, 2.75) is 18.9 Å². The molecule has 1 aromatic heterocycles. The van der Waals surface area contributed by atoms with Gasteiger partial charge in [-0.3, -0.25) is 4.79 Å². The SMILES string of the molecule is CN1CCC(Oc2cc(NC(=O)CCl)ccn2)CC1. The lowest BCUT2D eigenvalue weighted by Gasteiger charge is -2.28. The maximum Gasteiger partial charge on any atom is 0.239 e. The summed E-state index contributed by atoms with van der Waals surface area (Å²) in [6.07, 6.45) is 3.81. The van der Waals surface area contributed by atoms with Gasteiger partial charge in [-0.1, -0.05) is 0 Å². The van der Waals surface area contributed by atoms with E-state index in [1.54, 1.807) is 18.3 Å². The maximum atomic E-state index is 11.2. The highest BCUT2D eigenvalue weighted by atomic mass is 35.5. The molecule has 1 aromatic rings. The Morgan fingerprint density at radius 3 is 3.00 bits per heavy atom. The molecule has 5 nitrogen and oxygen atoms in total. The van der Waals surface area contributed by atoms with Crippen LogP contribution in [0, 0.1) is 0 Å². The first-order valence-corrected chi connectivity index (χ1v) is 6.88. The number of aromatic nitrogens is 1. The summed E-state index contributed by atoms with van der Waals surface area (Å²) in [6, 6.07) is 3.44. The summed E-state index contributed by atoms with van der Waals surface area (Å²) >= 11 is 5.45. The first kappa shape index (κ1) is 14.1. The van der Waals surface area contributed by atoms with Gasteiger partial charge >= 0.3 is 0 Å². The van der Waals surface area contributed by atoms with Crippen LogP contribution in [-0.4, -0.2) is 47.9 Å². The predicted molar refractivity (Wildman–Crippen MR) is 74.7 cm³/mol. The average molecular weight is 284 g/mol. The van der Waals surface area contributed by atoms with Gasteiger partial charge in [-0.05, 0) is 26.0 Å². The Kier molecular flexibility index (Phi) is 4.99. The van der Waals surface area contributed by atoms with E-state index >= 15 is 0 Å². The zero-order chi connectivity index (χ0) is 13.7. The molecule has 2 heterocycles. The Morgan fingerprint density at radius 1 is 1.58 bits per heavy atom. The molecule has 1 amide bonds. The molecule has 0 spiro atoms. The molecule has 0 aromatic carbocycles. The molecule has 0 aliphatic carbocycles. The topological polar surface area (TPSA) is 54.5 Å². The molecule has 0 atom stereocenters. The van der Waals surface area contributed by atoms with Crippen molar-refractivity contribution >= 4 is 23.2 Å². The first-order chi connectivity index (χ1) is 9.17. The van der Waals surface area contributed by atoms with Crippen LogP contribution in [0.5, 0.6) is 5.88 Å². The summed E-state index contributed by atoms with van der Waals surface area (Å²) < 4.78 is 5.84. The number of hydrogen-bond donors (Lipinski definition) is 1. The Labute approximate surface area is 117 Å². The third-order valence-corrected chi connectivity index (χ3v) is 3.34. The molecule has 1 fully saturated rings. The molecule has 1 N–H and O–H groups in total. The Balaban J connectivity index is 1.93. The Hall–Kier alpha value is -1.33. The van der Waals surface area contributed by atoms with Crippen LogP contribution >= 0.6 is 11.6 Å². The largest absolute Gasteiger partial charge is 0.474 e. The Bertz CT molecular complexity index is 434. The van der Waals surface area contributed by atoms with E-state index in [1.165, 1.54) is 0 Å². The summed E-state index contributed by atoms with van der Waals surface area (Å²) in [5.74, 6) is 0.244. The van der Waals surface area contributed by atoms with Gasteiger partial charge in [-0.15, -0.1) is 11.6 Å². The van der Waals surface area contributed by atoms with Crippen molar-refractivity contribution < 1.29 is 9.53 Å². The van der Waals surface area contributed by atoms with Gasteiger partial charge < -0.3 is 15.0 Å². The summed E-state index contributed by atoms with van der Waals surface area (Å²) in [5, 5.41) is 2.68. The minimum atomic E-state index is -0.238. The van der Waals surface area contributed by atoms with Crippen LogP contribution in [0.1, 0.15) is 12.8 Å². The van der Waals surface area contributed by atoms with Crippen molar-refractivity contribution in [3.8, 4) is 5.88 Å². The number of alkyl halides is 1. The average Bonchev–Trinajstić information content (AvgIpc) is 2.42. The number of nitrogens with zero attached hydrogens (tertiary/aromatic N) is 2. The minimum absolute atomic E-state index is 0.0620. The standard InChI is InChI=1S/C13H18ClN3O2/c1-17-6-3-11(4-7-17)19-13-8-10(2-5-15-13)16-12(18)9-14/h2,5,8,11H,3-4,6-7,9H2,1H3,(H,15,16,18). The van der Waals surface area contributed by atoms with Gasteiger partial charge in [0.1, 0.15) is 12.0 Å². The number of nitrogens with one attached hydrogen (secondary N) is 1. The van der Waals surface area contributed by atoms with Gasteiger partial charge in [0, 0.05) is 31.0 Å². The van der Waals surface area contributed by atoms with Gasteiger partial charge in [-0.2, -0.15) is 0 Å². The molecule has 2 rings (SSSR count). The quantitative estimate of drug-likeness (QED) is 0.855. The van der Waals surface area contributed by atoms with Crippen LogP contribution in [0.15, 0.2) is 18.3 Å². The molecular weight excluding hydrogens is 266 g/mol. The zero-order valence-electron chi connectivity index (χ0n) is 10.9. The molecule has 0 bridgehead atoms. The van der Waals surface area contributed by atoms with Crippen LogP contribution in [0.3, 0.4) is 0 Å². The summed E-state index contributed by atoms with van der Waals surface area (Å²) in [7, 11) is 2.11. The fourth-order valence-corrected chi connectivity index (χ4v) is 2.09. The van der Waals surface area contributed by atoms with Crippen LogP contribution in [0.4, 0.5) is 5.69 Å². The fraction of sp³-hybridized carbons (Fsp3) is 0.538. The number of rotatable bonds is 4. The molecule has 104 valence electrons. The van der Waals surface area contributed by atoms with Crippen molar-refractivity contribution in [3.05, 3.63) is 18.3 Å². The number of halogens is 1. The summed E-state index contributed by atoms with van der Waals surface area (Å²) in [5.41, 5.74) is 0.656. The molecule has 19 heavy (non-hydrogen) atoms. The third-order valence-electron chi connectivity index (χ3n) is 3.09. The number of piperidine rings is 1. The highest BCUT2D eigenvalue weighted by Gasteiger charge is 2.18. The number of ether oxygens (including phenoxy) is 1. The molecule has 1 aliphatic heterocycles. The molecule has 1 saturated heterocycles. The smallest absolute Gasteiger partial charge is 0.239 e. The lowest BCUT2D eigenvalue weighted by atomic mass is 10.1. The lowest BCUT2D eigenvalue weighted by Crippen LogP contribution is -2.35. The second-order valence-electron chi connectivity index (χ2n) is 4.69. The van der Waals surface area contributed by atoms with Gasteiger partial charge in [0.15, 0.2) is 0 Å². The van der Waals surface area contributed by atoms with E-state index < -0.39 is 0 Å².